The number of amides is 1. The molecule has 0 bridgehead atoms. The number of methoxy groups -OCH3 is 1. The fourth-order valence-electron chi connectivity index (χ4n) is 4.54. The molecule has 10 nitrogen and oxygen atoms in total. The monoisotopic (exact) mass is 612 g/mol. The summed E-state index contributed by atoms with van der Waals surface area (Å²) in [5, 5.41) is 4.38. The number of hydrogen-bond donors (Lipinski definition) is 3. The van der Waals surface area contributed by atoms with E-state index in [1.807, 2.05) is 4.90 Å². The molecule has 0 aliphatic carbocycles. The first-order chi connectivity index (χ1) is 19.7. The Morgan fingerprint density at radius 3 is 2.22 bits per heavy atom. The quantitative estimate of drug-likeness (QED) is 0.224. The van der Waals surface area contributed by atoms with E-state index in [4.69, 9.17) is 4.74 Å². The lowest BCUT2D eigenvalue weighted by Crippen LogP contribution is -2.23. The van der Waals surface area contributed by atoms with E-state index < -0.39 is 26.0 Å². The maximum Gasteiger partial charge on any atom is 0.271 e. The molecule has 0 spiro atoms. The van der Waals surface area contributed by atoms with E-state index in [0.717, 1.165) is 24.2 Å². The molecule has 41 heavy (non-hydrogen) atoms. The Bertz CT molecular complexity index is 1770. The zero-order valence-electron chi connectivity index (χ0n) is 22.0. The smallest absolute Gasteiger partial charge is 0.271 e. The molecule has 13 heteroatoms. The Balaban J connectivity index is 1.46. The van der Waals surface area contributed by atoms with Gasteiger partial charge >= 0.3 is 0 Å². The lowest BCUT2D eigenvalue weighted by molar-refractivity contribution is 0.102. The van der Waals surface area contributed by atoms with Gasteiger partial charge in [-0.2, -0.15) is 0 Å². The van der Waals surface area contributed by atoms with Gasteiger partial charge in [-0.1, -0.05) is 30.3 Å². The fourth-order valence-corrected chi connectivity index (χ4v) is 7.93. The average Bonchev–Trinajstić information content (AvgIpc) is 3.69. The van der Waals surface area contributed by atoms with Crippen LogP contribution in [-0.4, -0.2) is 42.9 Å². The van der Waals surface area contributed by atoms with Crippen molar-refractivity contribution in [3.05, 3.63) is 89.8 Å². The summed E-state index contributed by atoms with van der Waals surface area (Å²) < 4.78 is 63.5. The molecule has 4 aromatic rings. The van der Waals surface area contributed by atoms with Gasteiger partial charge in [0, 0.05) is 18.8 Å². The first kappa shape index (κ1) is 28.5. The lowest BCUT2D eigenvalue weighted by atomic mass is 10.1. The lowest BCUT2D eigenvalue weighted by Gasteiger charge is -2.23. The molecule has 1 aliphatic heterocycles. The zero-order chi connectivity index (χ0) is 29.0. The number of para-hydroxylation sites is 3. The molecule has 2 heterocycles. The number of ether oxygens (including phenoxy) is 1. The SMILES string of the molecule is COc1ccccc1NS(=O)(=O)c1cc(NC(=O)c2ccccc2NS(=O)(=O)c2cccs2)ccc1N1CCCC1. The number of hydrogen-bond acceptors (Lipinski definition) is 8. The zero-order valence-corrected chi connectivity index (χ0v) is 24.5. The van der Waals surface area contributed by atoms with Gasteiger partial charge in [-0.15, -0.1) is 11.3 Å². The van der Waals surface area contributed by atoms with Crippen molar-refractivity contribution in [2.24, 2.45) is 0 Å². The molecule has 0 atom stereocenters. The van der Waals surface area contributed by atoms with E-state index in [1.165, 1.54) is 31.4 Å². The van der Waals surface area contributed by atoms with Crippen molar-refractivity contribution in [2.45, 2.75) is 21.9 Å². The number of rotatable bonds is 10. The van der Waals surface area contributed by atoms with E-state index in [1.54, 1.807) is 60.0 Å². The van der Waals surface area contributed by atoms with Crippen LogP contribution >= 0.6 is 11.3 Å². The maximum absolute atomic E-state index is 13.7. The maximum atomic E-state index is 13.7. The van der Waals surface area contributed by atoms with Crippen LogP contribution in [0, 0.1) is 0 Å². The Hall–Kier alpha value is -4.07. The highest BCUT2D eigenvalue weighted by atomic mass is 32.2. The minimum absolute atomic E-state index is 0.00482. The molecule has 1 aliphatic rings. The standard InChI is InChI=1S/C28H28N4O6S3/c1-38-25-12-5-4-11-23(25)31-40(34,35)26-19-20(14-15-24(26)32-16-6-7-17-32)29-28(33)21-9-2-3-10-22(21)30-41(36,37)27-13-8-18-39-27/h2-5,8-15,18-19,30-31H,6-7,16-17H2,1H3,(H,29,33). The molecule has 0 unspecified atom stereocenters. The summed E-state index contributed by atoms with van der Waals surface area (Å²) in [5.74, 6) is -0.241. The van der Waals surface area contributed by atoms with Gasteiger partial charge < -0.3 is 15.0 Å². The van der Waals surface area contributed by atoms with Crippen molar-refractivity contribution < 1.29 is 26.4 Å². The highest BCUT2D eigenvalue weighted by molar-refractivity contribution is 7.94. The normalized spacial score (nSPS) is 13.5. The van der Waals surface area contributed by atoms with E-state index >= 15 is 0 Å². The molecular weight excluding hydrogens is 585 g/mol. The van der Waals surface area contributed by atoms with Crippen LogP contribution in [0.5, 0.6) is 5.75 Å². The minimum Gasteiger partial charge on any atom is -0.495 e. The molecule has 0 radical (unpaired) electrons. The molecule has 1 aromatic heterocycles. The summed E-state index contributed by atoms with van der Waals surface area (Å²) in [4.78, 5) is 15.3. The van der Waals surface area contributed by atoms with Gasteiger partial charge in [0.25, 0.3) is 26.0 Å². The van der Waals surface area contributed by atoms with Gasteiger partial charge in [0.2, 0.25) is 0 Å². The van der Waals surface area contributed by atoms with E-state index in [-0.39, 0.29) is 31.7 Å². The summed E-state index contributed by atoms with van der Waals surface area (Å²) in [5.41, 5.74) is 1.20. The molecule has 1 fully saturated rings. The summed E-state index contributed by atoms with van der Waals surface area (Å²) in [6.07, 6.45) is 1.88. The third-order valence-electron chi connectivity index (χ3n) is 6.48. The third-order valence-corrected chi connectivity index (χ3v) is 10.6. The predicted molar refractivity (Wildman–Crippen MR) is 161 cm³/mol. The number of anilines is 4. The van der Waals surface area contributed by atoms with E-state index in [2.05, 4.69) is 14.8 Å². The molecule has 3 N–H and O–H groups in total. The van der Waals surface area contributed by atoms with Gasteiger partial charge in [0.15, 0.2) is 0 Å². The van der Waals surface area contributed by atoms with Gasteiger partial charge in [0.1, 0.15) is 14.9 Å². The second kappa shape index (κ2) is 11.8. The Labute approximate surface area is 243 Å². The van der Waals surface area contributed by atoms with E-state index in [0.29, 0.717) is 24.5 Å². The molecule has 5 rings (SSSR count). The number of sulfonamides is 2. The van der Waals surface area contributed by atoms with Crippen LogP contribution in [0.2, 0.25) is 0 Å². The molecule has 214 valence electrons. The summed E-state index contributed by atoms with van der Waals surface area (Å²) >= 11 is 1.06. The number of thiophene rings is 1. The van der Waals surface area contributed by atoms with Crippen LogP contribution in [0.15, 0.2) is 93.3 Å². The third kappa shape index (κ3) is 6.32. The topological polar surface area (TPSA) is 134 Å². The van der Waals surface area contributed by atoms with Crippen molar-refractivity contribution >= 4 is 60.0 Å². The number of carbonyl (C=O) groups is 1. The van der Waals surface area contributed by atoms with Crippen molar-refractivity contribution in [3.63, 3.8) is 0 Å². The van der Waals surface area contributed by atoms with Gasteiger partial charge in [-0.25, -0.2) is 16.8 Å². The number of nitrogens with one attached hydrogen (secondary N) is 3. The van der Waals surface area contributed by atoms with Crippen molar-refractivity contribution in [1.82, 2.24) is 0 Å². The van der Waals surface area contributed by atoms with Crippen LogP contribution in [0.3, 0.4) is 0 Å². The van der Waals surface area contributed by atoms with Crippen molar-refractivity contribution in [3.8, 4) is 5.75 Å². The van der Waals surface area contributed by atoms with Crippen LogP contribution in [0.25, 0.3) is 0 Å². The van der Waals surface area contributed by atoms with Crippen molar-refractivity contribution in [2.75, 3.05) is 39.9 Å². The Kier molecular flexibility index (Phi) is 8.20. The van der Waals surface area contributed by atoms with E-state index in [9.17, 15) is 21.6 Å². The van der Waals surface area contributed by atoms with Crippen LogP contribution in [0.1, 0.15) is 23.2 Å². The summed E-state index contributed by atoms with van der Waals surface area (Å²) in [6.45, 7) is 1.42. The van der Waals surface area contributed by atoms with Crippen LogP contribution in [-0.2, 0) is 20.0 Å². The number of carbonyl (C=O) groups excluding carboxylic acids is 1. The van der Waals surface area contributed by atoms with Gasteiger partial charge in [0.05, 0.1) is 29.7 Å². The first-order valence-corrected chi connectivity index (χ1v) is 16.5. The summed E-state index contributed by atoms with van der Waals surface area (Å²) in [7, 11) is -6.54. The predicted octanol–water partition coefficient (Wildman–Crippen LogP) is 5.21. The number of benzene rings is 3. The Morgan fingerprint density at radius 2 is 1.51 bits per heavy atom. The van der Waals surface area contributed by atoms with Crippen LogP contribution in [0.4, 0.5) is 22.7 Å². The minimum atomic E-state index is -4.11. The average molecular weight is 613 g/mol. The molecule has 1 amide bonds. The fraction of sp³-hybridized carbons (Fsp3) is 0.179. The first-order valence-electron chi connectivity index (χ1n) is 12.7. The van der Waals surface area contributed by atoms with Gasteiger partial charge in [-0.3, -0.25) is 14.2 Å². The molecule has 1 saturated heterocycles. The largest absolute Gasteiger partial charge is 0.495 e. The Morgan fingerprint density at radius 1 is 0.829 bits per heavy atom. The van der Waals surface area contributed by atoms with Crippen LogP contribution < -0.4 is 24.4 Å². The van der Waals surface area contributed by atoms with Crippen molar-refractivity contribution in [1.29, 1.82) is 0 Å². The second-order valence-electron chi connectivity index (χ2n) is 9.22. The highest BCUT2D eigenvalue weighted by Crippen LogP contribution is 2.34. The van der Waals surface area contributed by atoms with Gasteiger partial charge in [-0.05, 0) is 66.8 Å². The second-order valence-corrected chi connectivity index (χ2v) is 13.7. The highest BCUT2D eigenvalue weighted by Gasteiger charge is 2.26. The number of nitrogens with zero attached hydrogens (tertiary/aromatic N) is 1. The molecule has 3 aromatic carbocycles. The molecule has 0 saturated carbocycles. The molecular formula is C28H28N4O6S3. The summed E-state index contributed by atoms with van der Waals surface area (Å²) in [6, 6.07) is 20.7.